The van der Waals surface area contributed by atoms with E-state index in [9.17, 15) is 14.7 Å². The second-order valence-electron chi connectivity index (χ2n) is 9.26. The molecule has 7 nitrogen and oxygen atoms in total. The minimum absolute atomic E-state index is 0.00183. The number of methoxy groups -OCH3 is 1. The predicted octanol–water partition coefficient (Wildman–Crippen LogP) is 2.42. The first-order valence-corrected chi connectivity index (χ1v) is 11.1. The molecular formula is C23H30N2O5. The fourth-order valence-corrected chi connectivity index (χ4v) is 6.18. The number of amides is 1. The molecule has 0 saturated carbocycles. The fourth-order valence-electron chi connectivity index (χ4n) is 6.18. The molecule has 1 aromatic rings. The first-order valence-electron chi connectivity index (χ1n) is 11.1. The Balaban J connectivity index is 1.26. The van der Waals surface area contributed by atoms with E-state index >= 15 is 0 Å². The van der Waals surface area contributed by atoms with Crippen molar-refractivity contribution in [3.05, 3.63) is 23.8 Å². The van der Waals surface area contributed by atoms with Gasteiger partial charge < -0.3 is 19.5 Å². The van der Waals surface area contributed by atoms with E-state index in [-0.39, 0.29) is 23.6 Å². The van der Waals surface area contributed by atoms with Crippen LogP contribution < -0.4 is 4.74 Å². The highest BCUT2D eigenvalue weighted by Gasteiger charge is 2.49. The number of hydrogen-bond acceptors (Lipinski definition) is 6. The quantitative estimate of drug-likeness (QED) is 0.766. The standard InChI is InChI=1S/C23H30N2O5/c1-29-21-10-14(5-6-20(21)26)23(28)30-17-7-8-24-12-15-9-16(19(24)11-17)13-25-18(15)3-2-4-22(25)27/h5-6,10,15-19,26H,2-4,7-9,11-13H2,1H3/t15-,16-,17+,18-,19+/m1/s1. The minimum Gasteiger partial charge on any atom is -0.504 e. The molecule has 4 aliphatic heterocycles. The van der Waals surface area contributed by atoms with Crippen LogP contribution in [0.15, 0.2) is 18.2 Å². The van der Waals surface area contributed by atoms with Crippen LogP contribution in [0.4, 0.5) is 0 Å². The first kappa shape index (κ1) is 19.7. The van der Waals surface area contributed by atoms with Crippen LogP contribution in [-0.4, -0.2) is 71.7 Å². The maximum Gasteiger partial charge on any atom is 0.338 e. The summed E-state index contributed by atoms with van der Waals surface area (Å²) in [6.07, 6.45) is 5.61. The summed E-state index contributed by atoms with van der Waals surface area (Å²) in [5.41, 5.74) is 0.384. The molecule has 1 amide bonds. The van der Waals surface area contributed by atoms with Crippen LogP contribution in [0.25, 0.3) is 0 Å². The number of benzene rings is 1. The molecule has 5 atom stereocenters. The Bertz CT molecular complexity index is 843. The van der Waals surface area contributed by atoms with E-state index in [0.717, 1.165) is 45.3 Å². The van der Waals surface area contributed by atoms with Crippen molar-refractivity contribution in [2.75, 3.05) is 26.7 Å². The third-order valence-electron chi connectivity index (χ3n) is 7.61. The van der Waals surface area contributed by atoms with Crippen molar-refractivity contribution in [2.24, 2.45) is 11.8 Å². The highest BCUT2D eigenvalue weighted by Crippen LogP contribution is 2.43. The molecule has 0 spiro atoms. The number of fused-ring (bicyclic) bond motifs is 6. The van der Waals surface area contributed by atoms with Crippen molar-refractivity contribution in [1.82, 2.24) is 9.80 Å². The van der Waals surface area contributed by atoms with E-state index in [0.29, 0.717) is 41.8 Å². The number of hydrogen-bond donors (Lipinski definition) is 1. The molecule has 162 valence electrons. The molecule has 7 heteroatoms. The van der Waals surface area contributed by atoms with Crippen LogP contribution >= 0.6 is 0 Å². The molecule has 1 aromatic carbocycles. The van der Waals surface area contributed by atoms with Crippen LogP contribution in [0.2, 0.25) is 0 Å². The van der Waals surface area contributed by atoms with Gasteiger partial charge in [-0.3, -0.25) is 9.69 Å². The van der Waals surface area contributed by atoms with Crippen molar-refractivity contribution in [3.63, 3.8) is 0 Å². The molecule has 0 radical (unpaired) electrons. The molecule has 4 fully saturated rings. The van der Waals surface area contributed by atoms with Gasteiger partial charge in [0.1, 0.15) is 6.10 Å². The number of phenolic OH excluding ortho intramolecular Hbond substituents is 1. The van der Waals surface area contributed by atoms with Gasteiger partial charge in [-0.1, -0.05) is 0 Å². The van der Waals surface area contributed by atoms with Gasteiger partial charge in [0.25, 0.3) is 0 Å². The topological polar surface area (TPSA) is 79.3 Å². The SMILES string of the molecule is COc1cc(C(=O)O[C@H]2CCN3C[C@H]4C[C@H](CN5C(=O)CCC[C@H]45)[C@@H]3C2)ccc1O. The first-order chi connectivity index (χ1) is 14.5. The summed E-state index contributed by atoms with van der Waals surface area (Å²) in [6.45, 7) is 2.86. The molecule has 1 N–H and O–H groups in total. The van der Waals surface area contributed by atoms with E-state index in [4.69, 9.17) is 9.47 Å². The summed E-state index contributed by atoms with van der Waals surface area (Å²) in [4.78, 5) is 29.9. The van der Waals surface area contributed by atoms with Gasteiger partial charge in [-0.2, -0.15) is 0 Å². The van der Waals surface area contributed by atoms with Gasteiger partial charge in [-0.25, -0.2) is 4.79 Å². The number of phenols is 1. The average Bonchev–Trinajstić information content (AvgIpc) is 2.75. The number of nitrogens with zero attached hydrogens (tertiary/aromatic N) is 2. The third kappa shape index (κ3) is 3.43. The van der Waals surface area contributed by atoms with E-state index < -0.39 is 0 Å². The van der Waals surface area contributed by atoms with Crippen molar-refractivity contribution in [3.8, 4) is 11.5 Å². The Kier molecular flexibility index (Phi) is 5.09. The van der Waals surface area contributed by atoms with Crippen LogP contribution in [-0.2, 0) is 9.53 Å². The van der Waals surface area contributed by atoms with Crippen LogP contribution in [0.1, 0.15) is 48.9 Å². The number of carbonyl (C=O) groups is 2. The molecule has 0 aliphatic carbocycles. The van der Waals surface area contributed by atoms with Gasteiger partial charge in [-0.15, -0.1) is 0 Å². The summed E-state index contributed by atoms with van der Waals surface area (Å²) >= 11 is 0. The summed E-state index contributed by atoms with van der Waals surface area (Å²) < 4.78 is 10.9. The van der Waals surface area contributed by atoms with Crippen molar-refractivity contribution in [2.45, 2.75) is 56.7 Å². The van der Waals surface area contributed by atoms with Crippen molar-refractivity contribution in [1.29, 1.82) is 0 Å². The predicted molar refractivity (Wildman–Crippen MR) is 109 cm³/mol. The maximum atomic E-state index is 12.7. The summed E-state index contributed by atoms with van der Waals surface area (Å²) in [6, 6.07) is 5.33. The van der Waals surface area contributed by atoms with Gasteiger partial charge >= 0.3 is 5.97 Å². The second kappa shape index (κ2) is 7.76. The smallest absolute Gasteiger partial charge is 0.338 e. The summed E-state index contributed by atoms with van der Waals surface area (Å²) in [5, 5.41) is 9.74. The van der Waals surface area contributed by atoms with Gasteiger partial charge in [0.15, 0.2) is 11.5 Å². The zero-order valence-corrected chi connectivity index (χ0v) is 17.5. The van der Waals surface area contributed by atoms with Gasteiger partial charge in [0.05, 0.1) is 12.7 Å². The molecule has 4 heterocycles. The zero-order valence-electron chi connectivity index (χ0n) is 17.5. The van der Waals surface area contributed by atoms with Crippen LogP contribution in [0, 0.1) is 11.8 Å². The van der Waals surface area contributed by atoms with E-state index in [2.05, 4.69) is 9.80 Å². The summed E-state index contributed by atoms with van der Waals surface area (Å²) in [5.74, 6) is 1.28. The lowest BCUT2D eigenvalue weighted by molar-refractivity contribution is -0.150. The molecular weight excluding hydrogens is 384 g/mol. The molecule has 2 bridgehead atoms. The highest BCUT2D eigenvalue weighted by atomic mass is 16.5. The van der Waals surface area contributed by atoms with Gasteiger partial charge in [0.2, 0.25) is 5.91 Å². The molecule has 0 aromatic heterocycles. The van der Waals surface area contributed by atoms with Gasteiger partial charge in [-0.05, 0) is 55.7 Å². The fraction of sp³-hybridized carbons (Fsp3) is 0.652. The molecule has 5 rings (SSSR count). The van der Waals surface area contributed by atoms with Crippen molar-refractivity contribution >= 4 is 11.9 Å². The lowest BCUT2D eigenvalue weighted by Gasteiger charge is -2.57. The minimum atomic E-state index is -0.379. The Hall–Kier alpha value is -2.28. The lowest BCUT2D eigenvalue weighted by atomic mass is 9.70. The number of aromatic hydroxyl groups is 1. The van der Waals surface area contributed by atoms with E-state index in [1.165, 1.54) is 25.7 Å². The Morgan fingerprint density at radius 3 is 2.80 bits per heavy atom. The van der Waals surface area contributed by atoms with Crippen molar-refractivity contribution < 1.29 is 24.2 Å². The number of piperidine rings is 4. The number of rotatable bonds is 3. The average molecular weight is 415 g/mol. The molecule has 0 unspecified atom stereocenters. The number of ether oxygens (including phenoxy) is 2. The van der Waals surface area contributed by atoms with Crippen LogP contribution in [0.5, 0.6) is 11.5 Å². The van der Waals surface area contributed by atoms with Gasteiger partial charge in [0, 0.05) is 44.6 Å². The number of esters is 1. The lowest BCUT2D eigenvalue weighted by Crippen LogP contribution is -2.65. The zero-order chi connectivity index (χ0) is 20.8. The Morgan fingerprint density at radius 1 is 1.13 bits per heavy atom. The third-order valence-corrected chi connectivity index (χ3v) is 7.61. The molecule has 4 aliphatic rings. The molecule has 30 heavy (non-hydrogen) atoms. The largest absolute Gasteiger partial charge is 0.504 e. The summed E-state index contributed by atoms with van der Waals surface area (Å²) in [7, 11) is 1.46. The van der Waals surface area contributed by atoms with E-state index in [1.54, 1.807) is 6.07 Å². The number of carbonyl (C=O) groups excluding carboxylic acids is 2. The normalized spacial score (nSPS) is 33.4. The highest BCUT2D eigenvalue weighted by molar-refractivity contribution is 5.90. The molecule has 4 saturated heterocycles. The second-order valence-corrected chi connectivity index (χ2v) is 9.26. The Labute approximate surface area is 176 Å². The maximum absolute atomic E-state index is 12.7. The Morgan fingerprint density at radius 2 is 1.97 bits per heavy atom. The van der Waals surface area contributed by atoms with Crippen LogP contribution in [0.3, 0.4) is 0 Å². The monoisotopic (exact) mass is 414 g/mol. The van der Waals surface area contributed by atoms with E-state index in [1.807, 2.05) is 0 Å².